The van der Waals surface area contributed by atoms with Crippen LogP contribution < -0.4 is 10.6 Å². The van der Waals surface area contributed by atoms with E-state index in [4.69, 9.17) is 4.74 Å². The number of rotatable bonds is 7. The minimum Gasteiger partial charge on any atom is -0.453 e. The Bertz CT molecular complexity index is 804. The van der Waals surface area contributed by atoms with Crippen LogP contribution in [0.5, 0.6) is 0 Å². The van der Waals surface area contributed by atoms with E-state index in [1.165, 1.54) is 26.0 Å². The first-order valence-corrected chi connectivity index (χ1v) is 8.46. The molecule has 0 aliphatic heterocycles. The van der Waals surface area contributed by atoms with E-state index < -0.39 is 18.0 Å². The number of anilines is 2. The molecule has 27 heavy (non-hydrogen) atoms. The van der Waals surface area contributed by atoms with Gasteiger partial charge in [0.15, 0.2) is 6.10 Å². The normalized spacial score (nSPS) is 11.4. The molecule has 0 heterocycles. The number of ether oxygens (including phenoxy) is 1. The zero-order valence-electron chi connectivity index (χ0n) is 15.1. The topological polar surface area (TPSA) is 84.5 Å². The van der Waals surface area contributed by atoms with Crippen molar-refractivity contribution in [1.29, 1.82) is 0 Å². The predicted molar refractivity (Wildman–Crippen MR) is 99.7 cm³/mol. The maximum atomic E-state index is 12.8. The van der Waals surface area contributed by atoms with Crippen LogP contribution in [0.25, 0.3) is 0 Å². The average Bonchev–Trinajstić information content (AvgIpc) is 2.62. The van der Waals surface area contributed by atoms with E-state index in [1.807, 2.05) is 0 Å². The van der Waals surface area contributed by atoms with E-state index >= 15 is 0 Å². The van der Waals surface area contributed by atoms with Crippen LogP contribution in [0.3, 0.4) is 0 Å². The third-order valence-electron chi connectivity index (χ3n) is 3.68. The van der Waals surface area contributed by atoms with Gasteiger partial charge in [-0.2, -0.15) is 0 Å². The highest BCUT2D eigenvalue weighted by atomic mass is 19.1. The number of halogens is 1. The van der Waals surface area contributed by atoms with E-state index in [0.717, 1.165) is 5.56 Å². The molecule has 1 atom stereocenters. The van der Waals surface area contributed by atoms with Crippen LogP contribution in [0, 0.1) is 5.82 Å². The van der Waals surface area contributed by atoms with Gasteiger partial charge in [0.1, 0.15) is 5.82 Å². The largest absolute Gasteiger partial charge is 0.453 e. The van der Waals surface area contributed by atoms with E-state index in [-0.39, 0.29) is 18.1 Å². The van der Waals surface area contributed by atoms with Gasteiger partial charge in [-0.25, -0.2) is 4.39 Å². The zero-order chi connectivity index (χ0) is 19.8. The summed E-state index contributed by atoms with van der Waals surface area (Å²) >= 11 is 0. The number of nitrogens with one attached hydrogen (secondary N) is 2. The molecule has 2 aromatic carbocycles. The first-order chi connectivity index (χ1) is 12.8. The number of carbonyl (C=O) groups is 3. The average molecular weight is 372 g/mol. The molecule has 0 saturated heterocycles. The second-order valence-electron chi connectivity index (χ2n) is 6.01. The monoisotopic (exact) mass is 372 g/mol. The Morgan fingerprint density at radius 2 is 1.52 bits per heavy atom. The summed E-state index contributed by atoms with van der Waals surface area (Å²) in [4.78, 5) is 35.0. The molecule has 2 aromatic rings. The Morgan fingerprint density at radius 3 is 2.07 bits per heavy atom. The van der Waals surface area contributed by atoms with Gasteiger partial charge in [-0.1, -0.05) is 12.1 Å². The first-order valence-electron chi connectivity index (χ1n) is 8.46. The lowest BCUT2D eigenvalue weighted by Gasteiger charge is -2.14. The highest BCUT2D eigenvalue weighted by Crippen LogP contribution is 2.14. The van der Waals surface area contributed by atoms with Crippen molar-refractivity contribution in [3.05, 3.63) is 59.9 Å². The van der Waals surface area contributed by atoms with Crippen LogP contribution >= 0.6 is 0 Å². The van der Waals surface area contributed by atoms with Crippen LogP contribution in [0.4, 0.5) is 15.8 Å². The van der Waals surface area contributed by atoms with Gasteiger partial charge in [0.2, 0.25) is 5.91 Å². The highest BCUT2D eigenvalue weighted by molar-refractivity contribution is 5.95. The number of esters is 1. The molecular formula is C20H21FN2O4. The summed E-state index contributed by atoms with van der Waals surface area (Å²) in [5.41, 5.74) is 1.94. The number of hydrogen-bond donors (Lipinski definition) is 2. The molecule has 0 aliphatic rings. The van der Waals surface area contributed by atoms with E-state index in [2.05, 4.69) is 10.6 Å². The van der Waals surface area contributed by atoms with Crippen molar-refractivity contribution in [2.24, 2.45) is 0 Å². The molecule has 0 spiro atoms. The Balaban J connectivity index is 1.79. The van der Waals surface area contributed by atoms with Crippen LogP contribution in [0.15, 0.2) is 48.5 Å². The lowest BCUT2D eigenvalue weighted by Crippen LogP contribution is -2.30. The molecule has 0 bridgehead atoms. The summed E-state index contributed by atoms with van der Waals surface area (Å²) in [7, 11) is 0. The summed E-state index contributed by atoms with van der Waals surface area (Å²) in [5.74, 6) is -1.50. The van der Waals surface area contributed by atoms with Crippen LogP contribution in [0.2, 0.25) is 0 Å². The minimum atomic E-state index is -0.958. The third-order valence-corrected chi connectivity index (χ3v) is 3.68. The Morgan fingerprint density at radius 1 is 0.963 bits per heavy atom. The minimum absolute atomic E-state index is 0.0919. The van der Waals surface area contributed by atoms with E-state index in [9.17, 15) is 18.8 Å². The zero-order valence-corrected chi connectivity index (χ0v) is 15.1. The summed E-state index contributed by atoms with van der Waals surface area (Å²) < 4.78 is 18.0. The molecular weight excluding hydrogens is 351 g/mol. The van der Waals surface area contributed by atoms with Crippen molar-refractivity contribution in [3.63, 3.8) is 0 Å². The predicted octanol–water partition coefficient (Wildman–Crippen LogP) is 3.29. The molecule has 7 heteroatoms. The molecule has 142 valence electrons. The number of benzene rings is 2. The van der Waals surface area contributed by atoms with E-state index in [0.29, 0.717) is 17.8 Å². The molecule has 2 amide bonds. The number of carbonyl (C=O) groups excluding carboxylic acids is 3. The molecule has 0 unspecified atom stereocenters. The first kappa shape index (κ1) is 20.1. The Hall–Kier alpha value is -3.22. The molecule has 2 N–H and O–H groups in total. The van der Waals surface area contributed by atoms with Gasteiger partial charge < -0.3 is 15.4 Å². The molecule has 0 aromatic heterocycles. The van der Waals surface area contributed by atoms with Gasteiger partial charge >= 0.3 is 5.97 Å². The second kappa shape index (κ2) is 9.47. The number of hydrogen-bond acceptors (Lipinski definition) is 4. The van der Waals surface area contributed by atoms with Gasteiger partial charge in [-0.05, 0) is 55.3 Å². The van der Waals surface area contributed by atoms with Crippen LogP contribution in [-0.4, -0.2) is 23.9 Å². The SMILES string of the molecule is CC(=O)Nc1ccc(NC(=O)[C@@H](C)OC(=O)CCc2ccc(F)cc2)cc1. The Kier molecular flexibility index (Phi) is 7.05. The van der Waals surface area contributed by atoms with Crippen molar-refractivity contribution < 1.29 is 23.5 Å². The van der Waals surface area contributed by atoms with E-state index in [1.54, 1.807) is 36.4 Å². The van der Waals surface area contributed by atoms with Crippen LogP contribution in [0.1, 0.15) is 25.8 Å². The maximum Gasteiger partial charge on any atom is 0.306 e. The molecule has 6 nitrogen and oxygen atoms in total. The summed E-state index contributed by atoms with van der Waals surface area (Å²) in [5, 5.41) is 5.26. The highest BCUT2D eigenvalue weighted by Gasteiger charge is 2.18. The van der Waals surface area contributed by atoms with Crippen molar-refractivity contribution in [2.75, 3.05) is 10.6 Å². The Labute approximate surface area is 156 Å². The van der Waals surface area contributed by atoms with Gasteiger partial charge in [-0.15, -0.1) is 0 Å². The van der Waals surface area contributed by atoms with Crippen molar-refractivity contribution >= 4 is 29.2 Å². The lowest BCUT2D eigenvalue weighted by atomic mass is 10.1. The number of amides is 2. The molecule has 0 radical (unpaired) electrons. The van der Waals surface area contributed by atoms with Crippen LogP contribution in [-0.2, 0) is 25.5 Å². The lowest BCUT2D eigenvalue weighted by molar-refractivity contribution is -0.153. The fourth-order valence-electron chi connectivity index (χ4n) is 2.29. The molecule has 2 rings (SSSR count). The molecule has 0 aliphatic carbocycles. The fraction of sp³-hybridized carbons (Fsp3) is 0.250. The van der Waals surface area contributed by atoms with Gasteiger partial charge in [-0.3, -0.25) is 14.4 Å². The quantitative estimate of drug-likeness (QED) is 0.731. The standard InChI is InChI=1S/C20H21FN2O4/c1-13(27-19(25)12-5-15-3-6-16(21)7-4-15)20(26)23-18-10-8-17(9-11-18)22-14(2)24/h3-4,6-11,13H,5,12H2,1-2H3,(H,22,24)(H,23,26)/t13-/m1/s1. The van der Waals surface area contributed by atoms with Gasteiger partial charge in [0, 0.05) is 24.7 Å². The molecule has 0 saturated carbocycles. The fourth-order valence-corrected chi connectivity index (χ4v) is 2.29. The van der Waals surface area contributed by atoms with Gasteiger partial charge in [0.25, 0.3) is 5.91 Å². The third kappa shape index (κ3) is 6.89. The van der Waals surface area contributed by atoms with Crippen molar-refractivity contribution in [2.45, 2.75) is 32.8 Å². The van der Waals surface area contributed by atoms with Crippen molar-refractivity contribution in [1.82, 2.24) is 0 Å². The van der Waals surface area contributed by atoms with Gasteiger partial charge in [0.05, 0.1) is 0 Å². The smallest absolute Gasteiger partial charge is 0.306 e. The summed E-state index contributed by atoms with van der Waals surface area (Å²) in [6.45, 7) is 2.89. The molecule has 0 fully saturated rings. The second-order valence-corrected chi connectivity index (χ2v) is 6.01. The maximum absolute atomic E-state index is 12.8. The van der Waals surface area contributed by atoms with Crippen molar-refractivity contribution in [3.8, 4) is 0 Å². The summed E-state index contributed by atoms with van der Waals surface area (Å²) in [6, 6.07) is 12.4. The summed E-state index contributed by atoms with van der Waals surface area (Å²) in [6.07, 6.45) is -0.465. The number of aryl methyl sites for hydroxylation is 1.